The van der Waals surface area contributed by atoms with E-state index in [9.17, 15) is 0 Å². The lowest BCUT2D eigenvalue weighted by molar-refractivity contribution is 0.282. The van der Waals surface area contributed by atoms with E-state index in [4.69, 9.17) is 5.11 Å². The second kappa shape index (κ2) is 4.28. The zero-order valence-electron chi connectivity index (χ0n) is 8.77. The molecule has 2 aromatic rings. The highest BCUT2D eigenvalue weighted by molar-refractivity contribution is 5.67. The van der Waals surface area contributed by atoms with Crippen molar-refractivity contribution in [3.63, 3.8) is 0 Å². The average molecular weight is 198 g/mol. The standard InChI is InChI=1S/C14H14O/c1-11-4-2-3-5-14(11)13-8-6-12(10-15)7-9-13/h2-9,15H,10H2,1H3. The monoisotopic (exact) mass is 198 g/mol. The molecule has 0 fully saturated rings. The van der Waals surface area contributed by atoms with E-state index in [0.717, 1.165) is 5.56 Å². The molecule has 0 saturated heterocycles. The summed E-state index contributed by atoms with van der Waals surface area (Å²) in [5.41, 5.74) is 4.67. The lowest BCUT2D eigenvalue weighted by Gasteiger charge is -2.06. The Morgan fingerprint density at radius 1 is 0.933 bits per heavy atom. The molecule has 1 N–H and O–H groups in total. The number of rotatable bonds is 2. The first-order valence-corrected chi connectivity index (χ1v) is 5.07. The predicted molar refractivity (Wildman–Crippen MR) is 62.5 cm³/mol. The lowest BCUT2D eigenvalue weighted by atomic mass is 10.00. The van der Waals surface area contributed by atoms with E-state index < -0.39 is 0 Å². The van der Waals surface area contributed by atoms with Crippen LogP contribution in [0.1, 0.15) is 11.1 Å². The van der Waals surface area contributed by atoms with Gasteiger partial charge in [0.25, 0.3) is 0 Å². The number of hydrogen-bond acceptors (Lipinski definition) is 1. The maximum Gasteiger partial charge on any atom is 0.0681 e. The van der Waals surface area contributed by atoms with Crippen LogP contribution < -0.4 is 0 Å². The van der Waals surface area contributed by atoms with Crippen LogP contribution in [0.3, 0.4) is 0 Å². The van der Waals surface area contributed by atoms with Crippen LogP contribution in [0.5, 0.6) is 0 Å². The van der Waals surface area contributed by atoms with Crippen LogP contribution in [0.2, 0.25) is 0 Å². The van der Waals surface area contributed by atoms with Crippen molar-refractivity contribution in [1.82, 2.24) is 0 Å². The predicted octanol–water partition coefficient (Wildman–Crippen LogP) is 3.15. The molecule has 1 nitrogen and oxygen atoms in total. The molecular weight excluding hydrogens is 184 g/mol. The Morgan fingerprint density at radius 3 is 2.20 bits per heavy atom. The molecule has 0 aliphatic rings. The first-order valence-electron chi connectivity index (χ1n) is 5.07. The molecule has 0 radical (unpaired) electrons. The number of aliphatic hydroxyl groups excluding tert-OH is 1. The highest BCUT2D eigenvalue weighted by atomic mass is 16.3. The molecule has 2 rings (SSSR count). The zero-order valence-corrected chi connectivity index (χ0v) is 8.77. The minimum Gasteiger partial charge on any atom is -0.392 e. The van der Waals surface area contributed by atoms with Gasteiger partial charge in [-0.2, -0.15) is 0 Å². The highest BCUT2D eigenvalue weighted by Crippen LogP contribution is 2.23. The fourth-order valence-electron chi connectivity index (χ4n) is 1.69. The molecule has 0 amide bonds. The summed E-state index contributed by atoms with van der Waals surface area (Å²) in [6, 6.07) is 16.3. The minimum atomic E-state index is 0.105. The Hall–Kier alpha value is -1.60. The van der Waals surface area contributed by atoms with Gasteiger partial charge in [0.05, 0.1) is 6.61 Å². The largest absolute Gasteiger partial charge is 0.392 e. The zero-order chi connectivity index (χ0) is 10.7. The molecule has 0 bridgehead atoms. The van der Waals surface area contributed by atoms with Gasteiger partial charge >= 0.3 is 0 Å². The third-order valence-electron chi connectivity index (χ3n) is 2.59. The van der Waals surface area contributed by atoms with Crippen molar-refractivity contribution in [2.75, 3.05) is 0 Å². The smallest absolute Gasteiger partial charge is 0.0681 e. The number of benzene rings is 2. The maximum atomic E-state index is 8.95. The topological polar surface area (TPSA) is 20.2 Å². The molecule has 0 saturated carbocycles. The fraction of sp³-hybridized carbons (Fsp3) is 0.143. The van der Waals surface area contributed by atoms with Crippen LogP contribution in [0, 0.1) is 6.92 Å². The maximum absolute atomic E-state index is 8.95. The second-order valence-corrected chi connectivity index (χ2v) is 3.67. The molecule has 15 heavy (non-hydrogen) atoms. The van der Waals surface area contributed by atoms with Gasteiger partial charge in [-0.15, -0.1) is 0 Å². The number of hydrogen-bond donors (Lipinski definition) is 1. The van der Waals surface area contributed by atoms with Crippen molar-refractivity contribution < 1.29 is 5.11 Å². The summed E-state index contributed by atoms with van der Waals surface area (Å²) in [7, 11) is 0. The Labute approximate surface area is 90.0 Å². The van der Waals surface area contributed by atoms with Gasteiger partial charge in [-0.25, -0.2) is 0 Å². The average Bonchev–Trinajstić information content (AvgIpc) is 2.30. The summed E-state index contributed by atoms with van der Waals surface area (Å²) in [6.07, 6.45) is 0. The van der Waals surface area contributed by atoms with E-state index in [-0.39, 0.29) is 6.61 Å². The summed E-state index contributed by atoms with van der Waals surface area (Å²) in [6.45, 7) is 2.21. The molecule has 76 valence electrons. The van der Waals surface area contributed by atoms with Gasteiger partial charge in [0.2, 0.25) is 0 Å². The van der Waals surface area contributed by atoms with Gasteiger partial charge in [-0.3, -0.25) is 0 Å². The SMILES string of the molecule is Cc1ccccc1-c1ccc(CO)cc1. The Balaban J connectivity index is 2.42. The minimum absolute atomic E-state index is 0.105. The van der Waals surface area contributed by atoms with E-state index in [1.807, 2.05) is 36.4 Å². The molecule has 2 aromatic carbocycles. The molecule has 0 aromatic heterocycles. The molecule has 0 atom stereocenters. The summed E-state index contributed by atoms with van der Waals surface area (Å²) in [5.74, 6) is 0. The van der Waals surface area contributed by atoms with E-state index in [1.165, 1.54) is 16.7 Å². The van der Waals surface area contributed by atoms with Gasteiger partial charge < -0.3 is 5.11 Å². The van der Waals surface area contributed by atoms with Gasteiger partial charge in [0.1, 0.15) is 0 Å². The van der Waals surface area contributed by atoms with Gasteiger partial charge in [0, 0.05) is 0 Å². The van der Waals surface area contributed by atoms with Crippen molar-refractivity contribution in [2.45, 2.75) is 13.5 Å². The van der Waals surface area contributed by atoms with E-state index in [0.29, 0.717) is 0 Å². The third kappa shape index (κ3) is 2.08. The van der Waals surface area contributed by atoms with E-state index in [2.05, 4.69) is 19.1 Å². The van der Waals surface area contributed by atoms with Crippen LogP contribution in [0.15, 0.2) is 48.5 Å². The Morgan fingerprint density at radius 2 is 1.60 bits per heavy atom. The molecule has 1 heteroatoms. The van der Waals surface area contributed by atoms with E-state index >= 15 is 0 Å². The van der Waals surface area contributed by atoms with Gasteiger partial charge in [-0.1, -0.05) is 48.5 Å². The van der Waals surface area contributed by atoms with Gasteiger partial charge in [-0.05, 0) is 29.2 Å². The van der Waals surface area contributed by atoms with Gasteiger partial charge in [0.15, 0.2) is 0 Å². The molecule has 0 aliphatic heterocycles. The Bertz CT molecular complexity index is 443. The quantitative estimate of drug-likeness (QED) is 0.786. The third-order valence-corrected chi connectivity index (χ3v) is 2.59. The molecule has 0 unspecified atom stereocenters. The summed E-state index contributed by atoms with van der Waals surface area (Å²) in [4.78, 5) is 0. The highest BCUT2D eigenvalue weighted by Gasteiger charge is 2.00. The van der Waals surface area contributed by atoms with Crippen LogP contribution >= 0.6 is 0 Å². The summed E-state index contributed by atoms with van der Waals surface area (Å²) < 4.78 is 0. The van der Waals surface area contributed by atoms with Crippen molar-refractivity contribution in [3.8, 4) is 11.1 Å². The summed E-state index contributed by atoms with van der Waals surface area (Å²) >= 11 is 0. The van der Waals surface area contributed by atoms with Crippen molar-refractivity contribution in [3.05, 3.63) is 59.7 Å². The first kappa shape index (κ1) is 9.94. The molecular formula is C14H14O. The molecule has 0 aliphatic carbocycles. The molecule has 0 heterocycles. The first-order chi connectivity index (χ1) is 7.31. The Kier molecular flexibility index (Phi) is 2.84. The van der Waals surface area contributed by atoms with Crippen LogP contribution in [0.25, 0.3) is 11.1 Å². The summed E-state index contributed by atoms with van der Waals surface area (Å²) in [5, 5.41) is 8.95. The normalized spacial score (nSPS) is 10.3. The van der Waals surface area contributed by atoms with Crippen LogP contribution in [0.4, 0.5) is 0 Å². The lowest BCUT2D eigenvalue weighted by Crippen LogP contribution is -1.85. The second-order valence-electron chi connectivity index (χ2n) is 3.67. The van der Waals surface area contributed by atoms with Crippen molar-refractivity contribution >= 4 is 0 Å². The van der Waals surface area contributed by atoms with Crippen molar-refractivity contribution in [1.29, 1.82) is 0 Å². The van der Waals surface area contributed by atoms with Crippen LogP contribution in [-0.2, 0) is 6.61 Å². The van der Waals surface area contributed by atoms with E-state index in [1.54, 1.807) is 0 Å². The number of aliphatic hydroxyl groups is 1. The van der Waals surface area contributed by atoms with Crippen LogP contribution in [-0.4, -0.2) is 5.11 Å². The van der Waals surface area contributed by atoms with Crippen molar-refractivity contribution in [2.24, 2.45) is 0 Å². The fourth-order valence-corrected chi connectivity index (χ4v) is 1.69. The molecule has 0 spiro atoms. The number of aryl methyl sites for hydroxylation is 1.